The Bertz CT molecular complexity index is 1330. The molecule has 0 atom stereocenters. The van der Waals surface area contributed by atoms with Crippen LogP contribution in [0.3, 0.4) is 0 Å². The minimum Gasteiger partial charge on any atom is -0.465 e. The molecular weight excluding hydrogens is 576 g/mol. The first-order valence-electron chi connectivity index (χ1n) is 13.3. The Morgan fingerprint density at radius 1 is 0.690 bits per heavy atom. The Hall–Kier alpha value is -4.16. The second kappa shape index (κ2) is 15.2. The highest BCUT2D eigenvalue weighted by molar-refractivity contribution is 8.14. The van der Waals surface area contributed by atoms with Gasteiger partial charge in [-0.1, -0.05) is 84.2 Å². The van der Waals surface area contributed by atoms with Gasteiger partial charge in [0.2, 0.25) is 0 Å². The van der Waals surface area contributed by atoms with Crippen molar-refractivity contribution in [3.8, 4) is 0 Å². The van der Waals surface area contributed by atoms with Crippen molar-refractivity contribution in [2.75, 3.05) is 37.8 Å². The number of thioether (sulfide) groups is 2. The first-order valence-corrected chi connectivity index (χ1v) is 15.3. The molecule has 2 amide bonds. The normalized spacial score (nSPS) is 16.7. The summed E-state index contributed by atoms with van der Waals surface area (Å²) in [6, 6.07) is 18.6. The van der Waals surface area contributed by atoms with Crippen LogP contribution in [0.2, 0.25) is 0 Å². The van der Waals surface area contributed by atoms with Crippen molar-refractivity contribution in [2.45, 2.75) is 13.8 Å². The molecule has 0 unspecified atom stereocenters. The van der Waals surface area contributed by atoms with Crippen molar-refractivity contribution in [1.82, 2.24) is 9.80 Å². The van der Waals surface area contributed by atoms with E-state index in [0.717, 1.165) is 34.7 Å². The Balaban J connectivity index is 1.55. The van der Waals surface area contributed by atoms with E-state index in [1.807, 2.05) is 60.7 Å². The largest absolute Gasteiger partial charge is 0.465 e. The quantitative estimate of drug-likeness (QED) is 0.278. The highest BCUT2D eigenvalue weighted by Gasteiger charge is 2.35. The van der Waals surface area contributed by atoms with Crippen LogP contribution in [0.5, 0.6) is 0 Å². The maximum Gasteiger partial charge on any atom is 0.316 e. The van der Waals surface area contributed by atoms with Crippen molar-refractivity contribution in [3.05, 3.63) is 83.2 Å². The minimum absolute atomic E-state index is 0.0240. The van der Waals surface area contributed by atoms with Crippen LogP contribution in [-0.4, -0.2) is 81.7 Å². The first-order chi connectivity index (χ1) is 20.4. The predicted octanol–water partition coefficient (Wildman–Crippen LogP) is 4.06. The maximum atomic E-state index is 13.5. The van der Waals surface area contributed by atoms with Gasteiger partial charge in [0.25, 0.3) is 11.8 Å². The van der Waals surface area contributed by atoms with Gasteiger partial charge in [0, 0.05) is 13.1 Å². The summed E-state index contributed by atoms with van der Waals surface area (Å²) in [7, 11) is 0. The number of rotatable bonds is 11. The molecule has 2 aromatic rings. The van der Waals surface area contributed by atoms with Gasteiger partial charge in [0.05, 0.1) is 24.7 Å². The van der Waals surface area contributed by atoms with E-state index in [1.54, 1.807) is 26.0 Å². The smallest absolute Gasteiger partial charge is 0.316 e. The number of hydrogen-bond donors (Lipinski definition) is 0. The number of nitrogens with zero attached hydrogens (tertiary/aromatic N) is 4. The monoisotopic (exact) mass is 606 g/mol. The number of esters is 2. The summed E-state index contributed by atoms with van der Waals surface area (Å²) in [5, 5.41) is 0.666. The van der Waals surface area contributed by atoms with Crippen LogP contribution in [0, 0.1) is 0 Å². The van der Waals surface area contributed by atoms with Gasteiger partial charge in [-0.2, -0.15) is 0 Å². The summed E-state index contributed by atoms with van der Waals surface area (Å²) in [5.41, 5.74) is 2.04. The number of hydrogen-bond acceptors (Lipinski definition) is 10. The van der Waals surface area contributed by atoms with E-state index in [4.69, 9.17) is 9.47 Å². The van der Waals surface area contributed by atoms with Crippen LogP contribution in [0.4, 0.5) is 0 Å². The van der Waals surface area contributed by atoms with Gasteiger partial charge >= 0.3 is 11.9 Å². The van der Waals surface area contributed by atoms with E-state index in [1.165, 1.54) is 9.80 Å². The zero-order valence-corrected chi connectivity index (χ0v) is 24.9. The summed E-state index contributed by atoms with van der Waals surface area (Å²) >= 11 is 2.19. The molecule has 0 bridgehead atoms. The fourth-order valence-electron chi connectivity index (χ4n) is 3.94. The fourth-order valence-corrected chi connectivity index (χ4v) is 5.59. The molecule has 2 aliphatic rings. The van der Waals surface area contributed by atoms with Gasteiger partial charge in [0.1, 0.15) is 11.4 Å². The Labute approximate surface area is 252 Å². The van der Waals surface area contributed by atoms with E-state index in [9.17, 15) is 19.2 Å². The predicted molar refractivity (Wildman–Crippen MR) is 165 cm³/mol. The third-order valence-corrected chi connectivity index (χ3v) is 7.72. The molecular formula is C30H30N4O6S2. The molecule has 0 spiro atoms. The van der Waals surface area contributed by atoms with Gasteiger partial charge in [0.15, 0.2) is 10.3 Å². The number of carbonyl (C=O) groups excluding carboxylic acids is 4. The third-order valence-electron chi connectivity index (χ3n) is 5.82. The van der Waals surface area contributed by atoms with Crippen LogP contribution in [0.25, 0.3) is 12.2 Å². The summed E-state index contributed by atoms with van der Waals surface area (Å²) in [4.78, 5) is 62.9. The number of amides is 2. The molecule has 10 nitrogen and oxygen atoms in total. The molecule has 0 saturated heterocycles. The third kappa shape index (κ3) is 8.20. The molecule has 2 aromatic carbocycles. The van der Waals surface area contributed by atoms with Crippen LogP contribution in [0.1, 0.15) is 25.0 Å². The van der Waals surface area contributed by atoms with Crippen molar-refractivity contribution >= 4 is 69.8 Å². The van der Waals surface area contributed by atoms with Gasteiger partial charge < -0.3 is 9.47 Å². The summed E-state index contributed by atoms with van der Waals surface area (Å²) in [5.74, 6) is -1.60. The zero-order valence-electron chi connectivity index (χ0n) is 23.2. The Kier molecular flexibility index (Phi) is 11.1. The fraction of sp³-hybridized carbons (Fsp3) is 0.267. The van der Waals surface area contributed by atoms with E-state index < -0.39 is 11.9 Å². The van der Waals surface area contributed by atoms with E-state index in [-0.39, 0.29) is 61.0 Å². The van der Waals surface area contributed by atoms with Crippen molar-refractivity contribution in [2.24, 2.45) is 9.98 Å². The maximum absolute atomic E-state index is 13.5. The lowest BCUT2D eigenvalue weighted by atomic mass is 10.2. The lowest BCUT2D eigenvalue weighted by molar-refractivity contribution is -0.140. The van der Waals surface area contributed by atoms with Crippen molar-refractivity contribution < 1.29 is 28.7 Å². The minimum atomic E-state index is -0.423. The standard InChI is InChI=1S/C30H30N4O6S2/c1-3-39-25(35)19-41-29-31-23(17-21-11-7-5-8-12-21)27(37)33(29)15-16-34-28(38)24(18-22-13-9-6-10-14-22)32-30(34)42-20-26(36)40-4-2/h5-14,17-18H,3-4,15-16,19-20H2,1-2H3/b23-17+,24-18+. The summed E-state index contributed by atoms with van der Waals surface area (Å²) in [6.45, 7) is 4.11. The topological polar surface area (TPSA) is 118 Å². The van der Waals surface area contributed by atoms with Crippen LogP contribution in [-0.2, 0) is 28.7 Å². The zero-order chi connectivity index (χ0) is 29.9. The molecule has 0 fully saturated rings. The average molecular weight is 607 g/mol. The van der Waals surface area contributed by atoms with Crippen LogP contribution >= 0.6 is 23.5 Å². The van der Waals surface area contributed by atoms with Gasteiger partial charge in [-0.15, -0.1) is 0 Å². The van der Waals surface area contributed by atoms with E-state index in [2.05, 4.69) is 9.98 Å². The molecule has 42 heavy (non-hydrogen) atoms. The SMILES string of the molecule is CCOC(=O)CSC1=N/C(=C/c2ccccc2)C(=O)N1CCN1C(=O)/C(=C\c2ccccc2)N=C1SCC(=O)OCC. The van der Waals surface area contributed by atoms with Crippen molar-refractivity contribution in [1.29, 1.82) is 0 Å². The highest BCUT2D eigenvalue weighted by atomic mass is 32.2. The van der Waals surface area contributed by atoms with Gasteiger partial charge in [-0.05, 0) is 37.1 Å². The molecule has 218 valence electrons. The second-order valence-electron chi connectivity index (χ2n) is 8.77. The molecule has 0 aliphatic carbocycles. The molecule has 2 aliphatic heterocycles. The summed E-state index contributed by atoms with van der Waals surface area (Å²) in [6.07, 6.45) is 3.36. The number of ether oxygens (including phenoxy) is 2. The van der Waals surface area contributed by atoms with Crippen molar-refractivity contribution in [3.63, 3.8) is 0 Å². The Morgan fingerprint density at radius 3 is 1.43 bits per heavy atom. The molecule has 0 radical (unpaired) electrons. The number of benzene rings is 2. The number of amidine groups is 2. The molecule has 12 heteroatoms. The van der Waals surface area contributed by atoms with Gasteiger partial charge in [-0.3, -0.25) is 29.0 Å². The van der Waals surface area contributed by atoms with E-state index >= 15 is 0 Å². The molecule has 2 heterocycles. The highest BCUT2D eigenvalue weighted by Crippen LogP contribution is 2.27. The second-order valence-corrected chi connectivity index (χ2v) is 10.7. The molecule has 4 rings (SSSR count). The van der Waals surface area contributed by atoms with Crippen LogP contribution in [0.15, 0.2) is 82.0 Å². The Morgan fingerprint density at radius 2 is 1.07 bits per heavy atom. The number of aliphatic imine (C=N–C) groups is 2. The average Bonchev–Trinajstić information content (AvgIpc) is 3.45. The number of carbonyl (C=O) groups is 4. The lowest BCUT2D eigenvalue weighted by Gasteiger charge is -2.22. The summed E-state index contributed by atoms with van der Waals surface area (Å²) < 4.78 is 10.1. The molecule has 0 aromatic heterocycles. The molecule has 0 N–H and O–H groups in total. The molecule has 0 saturated carbocycles. The lowest BCUT2D eigenvalue weighted by Crippen LogP contribution is -2.41. The van der Waals surface area contributed by atoms with E-state index in [0.29, 0.717) is 10.3 Å². The first kappa shape index (κ1) is 30.8. The van der Waals surface area contributed by atoms with Gasteiger partial charge in [-0.25, -0.2) is 9.98 Å². The van der Waals surface area contributed by atoms with Crippen LogP contribution < -0.4 is 0 Å².